The Balaban J connectivity index is 3.52. The Morgan fingerprint density at radius 2 is 1.94 bits per heavy atom. The zero-order chi connectivity index (χ0) is 13.3. The highest BCUT2D eigenvalue weighted by Crippen LogP contribution is 2.05. The molecule has 0 spiro atoms. The van der Waals surface area contributed by atoms with Gasteiger partial charge in [-0.25, -0.2) is 0 Å². The van der Waals surface area contributed by atoms with Gasteiger partial charge in [0.2, 0.25) is 5.91 Å². The number of rotatable bonds is 9. The fourth-order valence-electron chi connectivity index (χ4n) is 1.30. The van der Waals surface area contributed by atoms with E-state index in [1.54, 1.807) is 0 Å². The van der Waals surface area contributed by atoms with Crippen molar-refractivity contribution in [1.29, 1.82) is 0 Å². The highest BCUT2D eigenvalue weighted by atomic mass is 16.5. The molecule has 0 rings (SSSR count). The minimum absolute atomic E-state index is 0.136. The molecule has 0 aromatic carbocycles. The molecule has 3 N–H and O–H groups in total. The van der Waals surface area contributed by atoms with E-state index >= 15 is 0 Å². The molecule has 0 bridgehead atoms. The predicted molar refractivity (Wildman–Crippen MR) is 67.8 cm³/mol. The Kier molecular flexibility index (Phi) is 8.12. The summed E-state index contributed by atoms with van der Waals surface area (Å²) in [6, 6.07) is -0.302. The van der Waals surface area contributed by atoms with E-state index in [4.69, 9.17) is 15.2 Å². The molecule has 102 valence electrons. The largest absolute Gasteiger partial charge is 0.379 e. The van der Waals surface area contributed by atoms with E-state index < -0.39 is 0 Å². The molecule has 1 amide bonds. The van der Waals surface area contributed by atoms with Crippen LogP contribution in [0, 0.1) is 0 Å². The molecule has 1 unspecified atom stereocenters. The topological polar surface area (TPSA) is 73.6 Å². The van der Waals surface area contributed by atoms with Gasteiger partial charge in [-0.15, -0.1) is 0 Å². The number of nitrogens with two attached hydrogens (primary N) is 1. The third kappa shape index (κ3) is 10.2. The van der Waals surface area contributed by atoms with E-state index in [1.165, 1.54) is 0 Å². The highest BCUT2D eigenvalue weighted by molar-refractivity contribution is 5.79. The molecule has 5 heteroatoms. The number of carbonyl (C=O) groups is 1. The molecule has 1 atom stereocenters. The molecule has 5 nitrogen and oxygen atoms in total. The van der Waals surface area contributed by atoms with Gasteiger partial charge < -0.3 is 20.5 Å². The van der Waals surface area contributed by atoms with Crippen LogP contribution < -0.4 is 11.1 Å². The van der Waals surface area contributed by atoms with Gasteiger partial charge in [-0.2, -0.15) is 0 Å². The molecule has 0 radical (unpaired) electrons. The minimum Gasteiger partial charge on any atom is -0.379 e. The molecule has 0 aliphatic heterocycles. The van der Waals surface area contributed by atoms with Crippen molar-refractivity contribution in [2.45, 2.75) is 45.8 Å². The Hall–Kier alpha value is -0.650. The number of hydrogen-bond donors (Lipinski definition) is 2. The summed E-state index contributed by atoms with van der Waals surface area (Å²) in [6.45, 7) is 10.3. The fourth-order valence-corrected chi connectivity index (χ4v) is 1.30. The molecular formula is C12H26N2O3. The summed E-state index contributed by atoms with van der Waals surface area (Å²) >= 11 is 0. The second-order valence-electron chi connectivity index (χ2n) is 4.87. The summed E-state index contributed by atoms with van der Waals surface area (Å²) in [5, 5.41) is 3.01. The zero-order valence-corrected chi connectivity index (χ0v) is 11.4. The molecule has 0 fully saturated rings. The second-order valence-corrected chi connectivity index (χ2v) is 4.87. The molecule has 0 heterocycles. The number of carbonyl (C=O) groups excluding carboxylic acids is 1. The summed E-state index contributed by atoms with van der Waals surface area (Å²) in [5.74, 6) is -0.332. The Labute approximate surface area is 104 Å². The van der Waals surface area contributed by atoms with E-state index in [0.29, 0.717) is 26.2 Å². The number of nitrogens with one attached hydrogen (secondary N) is 1. The van der Waals surface area contributed by atoms with Crippen molar-refractivity contribution < 1.29 is 14.3 Å². The van der Waals surface area contributed by atoms with Gasteiger partial charge in [0.25, 0.3) is 0 Å². The maximum absolute atomic E-state index is 11.0. The van der Waals surface area contributed by atoms with Crippen molar-refractivity contribution in [3.05, 3.63) is 0 Å². The SMILES string of the molecule is CCNC(CCOCCOC(C)(C)C)C(N)=O. The van der Waals surface area contributed by atoms with Gasteiger partial charge in [0, 0.05) is 6.61 Å². The number of primary amides is 1. The van der Waals surface area contributed by atoms with Crippen molar-refractivity contribution in [1.82, 2.24) is 5.32 Å². The Morgan fingerprint density at radius 1 is 1.29 bits per heavy atom. The first kappa shape index (κ1) is 16.4. The van der Waals surface area contributed by atoms with Gasteiger partial charge >= 0.3 is 0 Å². The molecule has 0 aliphatic carbocycles. The first-order chi connectivity index (χ1) is 7.87. The van der Waals surface area contributed by atoms with Crippen molar-refractivity contribution >= 4 is 5.91 Å². The molecule has 0 aromatic rings. The van der Waals surface area contributed by atoms with Crippen molar-refractivity contribution in [2.24, 2.45) is 5.73 Å². The summed E-state index contributed by atoms with van der Waals surface area (Å²) in [7, 11) is 0. The van der Waals surface area contributed by atoms with Crippen LogP contribution in [-0.2, 0) is 14.3 Å². The lowest BCUT2D eigenvalue weighted by Gasteiger charge is -2.19. The van der Waals surface area contributed by atoms with Crippen molar-refractivity contribution in [3.63, 3.8) is 0 Å². The van der Waals surface area contributed by atoms with Crippen LogP contribution in [0.15, 0.2) is 0 Å². The van der Waals surface area contributed by atoms with Gasteiger partial charge in [0.1, 0.15) is 0 Å². The van der Waals surface area contributed by atoms with Crippen molar-refractivity contribution in [2.75, 3.05) is 26.4 Å². The maximum atomic E-state index is 11.0. The average molecular weight is 246 g/mol. The number of amides is 1. The average Bonchev–Trinajstić information content (AvgIpc) is 2.19. The zero-order valence-electron chi connectivity index (χ0n) is 11.4. The predicted octanol–water partition coefficient (Wildman–Crippen LogP) is 0.672. The summed E-state index contributed by atoms with van der Waals surface area (Å²) in [5.41, 5.74) is 5.10. The third-order valence-electron chi connectivity index (χ3n) is 2.11. The third-order valence-corrected chi connectivity index (χ3v) is 2.11. The van der Waals surface area contributed by atoms with E-state index in [9.17, 15) is 4.79 Å². The van der Waals surface area contributed by atoms with E-state index in [0.717, 1.165) is 6.54 Å². The quantitative estimate of drug-likeness (QED) is 0.587. The summed E-state index contributed by atoms with van der Waals surface area (Å²) < 4.78 is 10.9. The van der Waals surface area contributed by atoms with E-state index in [2.05, 4.69) is 5.32 Å². The fraction of sp³-hybridized carbons (Fsp3) is 0.917. The first-order valence-electron chi connectivity index (χ1n) is 6.11. The van der Waals surface area contributed by atoms with Crippen LogP contribution in [0.5, 0.6) is 0 Å². The van der Waals surface area contributed by atoms with Gasteiger partial charge in [-0.3, -0.25) is 4.79 Å². The van der Waals surface area contributed by atoms with Crippen LogP contribution in [-0.4, -0.2) is 43.9 Å². The van der Waals surface area contributed by atoms with Crippen LogP contribution in [0.3, 0.4) is 0 Å². The molecular weight excluding hydrogens is 220 g/mol. The standard InChI is InChI=1S/C12H26N2O3/c1-5-14-10(11(13)15)6-7-16-8-9-17-12(2,3)4/h10,14H,5-9H2,1-4H3,(H2,13,15). The van der Waals surface area contributed by atoms with Gasteiger partial charge in [-0.05, 0) is 33.7 Å². The van der Waals surface area contributed by atoms with Crippen molar-refractivity contribution in [3.8, 4) is 0 Å². The summed E-state index contributed by atoms with van der Waals surface area (Å²) in [4.78, 5) is 11.0. The van der Waals surface area contributed by atoms with Gasteiger partial charge in [0.15, 0.2) is 0 Å². The number of hydrogen-bond acceptors (Lipinski definition) is 4. The maximum Gasteiger partial charge on any atom is 0.234 e. The van der Waals surface area contributed by atoms with Gasteiger partial charge in [-0.1, -0.05) is 6.92 Å². The minimum atomic E-state index is -0.332. The van der Waals surface area contributed by atoms with Gasteiger partial charge in [0.05, 0.1) is 24.9 Å². The monoisotopic (exact) mass is 246 g/mol. The highest BCUT2D eigenvalue weighted by Gasteiger charge is 2.13. The Bertz CT molecular complexity index is 214. The number of likely N-dealkylation sites (N-methyl/N-ethyl adjacent to an activating group) is 1. The molecule has 0 aromatic heterocycles. The van der Waals surface area contributed by atoms with Crippen LogP contribution in [0.1, 0.15) is 34.1 Å². The van der Waals surface area contributed by atoms with E-state index in [1.807, 2.05) is 27.7 Å². The lowest BCUT2D eigenvalue weighted by molar-refractivity contribution is -0.120. The molecule has 0 saturated heterocycles. The summed E-state index contributed by atoms with van der Waals surface area (Å²) in [6.07, 6.45) is 0.596. The molecule has 0 aliphatic rings. The Morgan fingerprint density at radius 3 is 2.41 bits per heavy atom. The lowest BCUT2D eigenvalue weighted by Crippen LogP contribution is -2.41. The van der Waals surface area contributed by atoms with E-state index in [-0.39, 0.29) is 17.6 Å². The van der Waals surface area contributed by atoms with Crippen LogP contribution in [0.4, 0.5) is 0 Å². The number of ether oxygens (including phenoxy) is 2. The van der Waals surface area contributed by atoms with Crippen LogP contribution in [0.25, 0.3) is 0 Å². The first-order valence-corrected chi connectivity index (χ1v) is 6.11. The molecule has 17 heavy (non-hydrogen) atoms. The smallest absolute Gasteiger partial charge is 0.234 e. The molecule has 0 saturated carbocycles. The van der Waals surface area contributed by atoms with Crippen LogP contribution >= 0.6 is 0 Å². The second kappa shape index (κ2) is 8.44. The van der Waals surface area contributed by atoms with Crippen LogP contribution in [0.2, 0.25) is 0 Å². The lowest BCUT2D eigenvalue weighted by atomic mass is 10.2. The normalized spacial score (nSPS) is 13.6.